The Bertz CT molecular complexity index is 940. The fourth-order valence-electron chi connectivity index (χ4n) is 3.97. The number of nitrogens with zero attached hydrogens (tertiary/aromatic N) is 1. The van der Waals surface area contributed by atoms with E-state index in [-0.39, 0.29) is 10.8 Å². The van der Waals surface area contributed by atoms with Gasteiger partial charge in [-0.05, 0) is 58.1 Å². The number of aryl methyl sites for hydroxylation is 1. The molecule has 0 fully saturated rings. The number of hydrogen-bond donors (Lipinski definition) is 0. The molecule has 1 aromatic carbocycles. The molecule has 0 aliphatic carbocycles. The third-order valence-electron chi connectivity index (χ3n) is 5.64. The third kappa shape index (κ3) is 3.57. The lowest BCUT2D eigenvalue weighted by Crippen LogP contribution is -2.16. The van der Waals surface area contributed by atoms with Gasteiger partial charge in [-0.15, -0.1) is 0 Å². The largest absolute Gasteiger partial charge is 0.320 e. The molecular weight excluding hydrogens is 326 g/mol. The Morgan fingerprint density at radius 3 is 1.85 bits per heavy atom. The van der Waals surface area contributed by atoms with E-state index in [9.17, 15) is 0 Å². The average molecular weight is 362 g/mol. The molecule has 144 valence electrons. The van der Waals surface area contributed by atoms with Gasteiger partial charge in [0.15, 0.2) is 0 Å². The standard InChI is InChI=1S/C26H35N/c1-17(2)24-23(18(3)22-12-10-11-13-27(22)24)19-14-20(25(4,5)6)16-21(15-19)26(7,8)9/h10-17H,1-9H3. The van der Waals surface area contributed by atoms with Gasteiger partial charge < -0.3 is 4.40 Å². The van der Waals surface area contributed by atoms with Crippen molar-refractivity contribution in [3.63, 3.8) is 0 Å². The van der Waals surface area contributed by atoms with Crippen molar-refractivity contribution in [2.75, 3.05) is 0 Å². The van der Waals surface area contributed by atoms with E-state index < -0.39 is 0 Å². The molecular formula is C26H35N. The van der Waals surface area contributed by atoms with Crippen LogP contribution in [0.15, 0.2) is 42.6 Å². The summed E-state index contributed by atoms with van der Waals surface area (Å²) >= 11 is 0. The smallest absolute Gasteiger partial charge is 0.0488 e. The second kappa shape index (κ2) is 6.55. The lowest BCUT2D eigenvalue weighted by atomic mass is 9.78. The zero-order valence-corrected chi connectivity index (χ0v) is 18.6. The zero-order valence-electron chi connectivity index (χ0n) is 18.6. The fourth-order valence-corrected chi connectivity index (χ4v) is 3.97. The SMILES string of the molecule is Cc1c(-c2cc(C(C)(C)C)cc(C(C)(C)C)c2)c(C(C)C)n2ccccc12. The number of aromatic nitrogens is 1. The molecule has 0 unspecified atom stereocenters. The van der Waals surface area contributed by atoms with Crippen LogP contribution in [0.2, 0.25) is 0 Å². The predicted octanol–water partition coefficient (Wildman–Crippen LogP) is 7.63. The molecule has 0 saturated carbocycles. The first-order chi connectivity index (χ1) is 12.4. The topological polar surface area (TPSA) is 4.41 Å². The van der Waals surface area contributed by atoms with Crippen LogP contribution in [0.4, 0.5) is 0 Å². The summed E-state index contributed by atoms with van der Waals surface area (Å²) < 4.78 is 2.38. The molecule has 0 spiro atoms. The second-order valence-corrected chi connectivity index (χ2v) is 10.3. The summed E-state index contributed by atoms with van der Waals surface area (Å²) in [5.74, 6) is 0.458. The van der Waals surface area contributed by atoms with Crippen LogP contribution in [-0.2, 0) is 10.8 Å². The summed E-state index contributed by atoms with van der Waals surface area (Å²) in [7, 11) is 0. The first kappa shape index (κ1) is 19.7. The van der Waals surface area contributed by atoms with Gasteiger partial charge in [-0.1, -0.05) is 79.7 Å². The second-order valence-electron chi connectivity index (χ2n) is 10.3. The normalized spacial score (nSPS) is 13.0. The van der Waals surface area contributed by atoms with Crippen LogP contribution in [0, 0.1) is 6.92 Å². The molecule has 27 heavy (non-hydrogen) atoms. The van der Waals surface area contributed by atoms with Gasteiger partial charge in [-0.25, -0.2) is 0 Å². The fraction of sp³-hybridized carbons (Fsp3) is 0.462. The molecule has 2 aromatic heterocycles. The molecule has 2 heterocycles. The number of benzene rings is 1. The summed E-state index contributed by atoms with van der Waals surface area (Å²) in [4.78, 5) is 0. The minimum atomic E-state index is 0.126. The first-order valence-electron chi connectivity index (χ1n) is 10.2. The van der Waals surface area contributed by atoms with Crippen LogP contribution >= 0.6 is 0 Å². The molecule has 0 aliphatic heterocycles. The van der Waals surface area contributed by atoms with Gasteiger partial charge >= 0.3 is 0 Å². The summed E-state index contributed by atoms with van der Waals surface area (Å²) in [6, 6.07) is 13.8. The van der Waals surface area contributed by atoms with E-state index in [1.54, 1.807) is 0 Å². The molecule has 0 radical (unpaired) electrons. The van der Waals surface area contributed by atoms with Crippen molar-refractivity contribution < 1.29 is 0 Å². The van der Waals surface area contributed by atoms with Crippen LogP contribution in [0.3, 0.4) is 0 Å². The lowest BCUT2D eigenvalue weighted by molar-refractivity contribution is 0.569. The minimum absolute atomic E-state index is 0.126. The molecule has 0 bridgehead atoms. The van der Waals surface area contributed by atoms with Crippen molar-refractivity contribution >= 4 is 5.52 Å². The van der Waals surface area contributed by atoms with Gasteiger partial charge in [0.2, 0.25) is 0 Å². The maximum Gasteiger partial charge on any atom is 0.0488 e. The third-order valence-corrected chi connectivity index (χ3v) is 5.64. The van der Waals surface area contributed by atoms with Crippen molar-refractivity contribution in [1.82, 2.24) is 4.40 Å². The predicted molar refractivity (Wildman–Crippen MR) is 119 cm³/mol. The van der Waals surface area contributed by atoms with Gasteiger partial charge in [-0.2, -0.15) is 0 Å². The van der Waals surface area contributed by atoms with Gasteiger partial charge in [0.1, 0.15) is 0 Å². The van der Waals surface area contributed by atoms with E-state index in [1.807, 2.05) is 0 Å². The molecule has 0 atom stereocenters. The van der Waals surface area contributed by atoms with Crippen LogP contribution < -0.4 is 0 Å². The highest BCUT2D eigenvalue weighted by molar-refractivity contribution is 5.81. The van der Waals surface area contributed by atoms with Crippen molar-refractivity contribution in [3.05, 3.63) is 65.0 Å². The average Bonchev–Trinajstić information content (AvgIpc) is 2.86. The van der Waals surface area contributed by atoms with Gasteiger partial charge in [0, 0.05) is 23.0 Å². The van der Waals surface area contributed by atoms with E-state index in [0.29, 0.717) is 5.92 Å². The Balaban J connectivity index is 2.41. The summed E-state index contributed by atoms with van der Waals surface area (Å²) in [5, 5.41) is 0. The monoisotopic (exact) mass is 361 g/mol. The quantitative estimate of drug-likeness (QED) is 0.442. The Kier molecular flexibility index (Phi) is 4.78. The Labute approximate surface area is 165 Å². The van der Waals surface area contributed by atoms with E-state index >= 15 is 0 Å². The number of hydrogen-bond acceptors (Lipinski definition) is 0. The highest BCUT2D eigenvalue weighted by Gasteiger charge is 2.24. The van der Waals surface area contributed by atoms with Crippen molar-refractivity contribution in [2.45, 2.75) is 79.1 Å². The Morgan fingerprint density at radius 2 is 1.37 bits per heavy atom. The van der Waals surface area contributed by atoms with Crippen molar-refractivity contribution in [3.8, 4) is 11.1 Å². The van der Waals surface area contributed by atoms with Crippen molar-refractivity contribution in [2.24, 2.45) is 0 Å². The molecule has 1 nitrogen and oxygen atoms in total. The van der Waals surface area contributed by atoms with Crippen LogP contribution in [0.25, 0.3) is 16.6 Å². The highest BCUT2D eigenvalue weighted by Crippen LogP contribution is 2.40. The molecule has 3 aromatic rings. The molecule has 0 N–H and O–H groups in total. The van der Waals surface area contributed by atoms with Crippen LogP contribution in [0.5, 0.6) is 0 Å². The highest BCUT2D eigenvalue weighted by atomic mass is 14.9. The molecule has 0 amide bonds. The van der Waals surface area contributed by atoms with Gasteiger partial charge in [-0.3, -0.25) is 0 Å². The number of rotatable bonds is 2. The minimum Gasteiger partial charge on any atom is -0.320 e. The number of pyridine rings is 1. The van der Waals surface area contributed by atoms with E-state index in [1.165, 1.54) is 39.0 Å². The maximum atomic E-state index is 2.42. The first-order valence-corrected chi connectivity index (χ1v) is 10.2. The molecule has 0 aliphatic rings. The van der Waals surface area contributed by atoms with Crippen LogP contribution in [0.1, 0.15) is 83.7 Å². The Hall–Kier alpha value is -2.02. The van der Waals surface area contributed by atoms with E-state index in [4.69, 9.17) is 0 Å². The van der Waals surface area contributed by atoms with E-state index in [0.717, 1.165) is 0 Å². The van der Waals surface area contributed by atoms with Crippen molar-refractivity contribution in [1.29, 1.82) is 0 Å². The summed E-state index contributed by atoms with van der Waals surface area (Å²) in [6.07, 6.45) is 2.21. The zero-order chi connectivity index (χ0) is 20.1. The Morgan fingerprint density at radius 1 is 0.815 bits per heavy atom. The maximum absolute atomic E-state index is 2.42. The molecule has 1 heteroatoms. The van der Waals surface area contributed by atoms with Gasteiger partial charge in [0.05, 0.1) is 0 Å². The van der Waals surface area contributed by atoms with E-state index in [2.05, 4.69) is 109 Å². The molecule has 0 saturated heterocycles. The van der Waals surface area contributed by atoms with Gasteiger partial charge in [0.25, 0.3) is 0 Å². The lowest BCUT2D eigenvalue weighted by Gasteiger charge is -2.26. The van der Waals surface area contributed by atoms with Crippen LogP contribution in [-0.4, -0.2) is 4.40 Å². The number of fused-ring (bicyclic) bond motifs is 1. The summed E-state index contributed by atoms with van der Waals surface area (Å²) in [5.41, 5.74) is 9.95. The summed E-state index contributed by atoms with van der Waals surface area (Å²) in [6.45, 7) is 20.7. The molecule has 3 rings (SSSR count).